The Morgan fingerprint density at radius 2 is 1.33 bits per heavy atom. The summed E-state index contributed by atoms with van der Waals surface area (Å²) in [6.45, 7) is 0. The maximum absolute atomic E-state index is 12.1. The van der Waals surface area contributed by atoms with Gasteiger partial charge in [0.05, 0.1) is 0 Å². The van der Waals surface area contributed by atoms with Gasteiger partial charge in [-0.15, -0.1) is 0 Å². The van der Waals surface area contributed by atoms with Gasteiger partial charge in [0.2, 0.25) is 0 Å². The van der Waals surface area contributed by atoms with Crippen molar-refractivity contribution in [2.45, 2.75) is 24.9 Å². The first-order valence-corrected chi connectivity index (χ1v) is 4.38. The minimum absolute atomic E-state index is 0.161. The van der Waals surface area contributed by atoms with Gasteiger partial charge in [-0.05, 0) is 6.42 Å². The Hall–Kier alpha value is -1.09. The lowest BCUT2D eigenvalue weighted by Crippen LogP contribution is -2.36. The molecule has 0 saturated heterocycles. The molecule has 1 N–H and O–H groups in total. The molecule has 0 spiro atoms. The van der Waals surface area contributed by atoms with Crippen molar-refractivity contribution in [2.24, 2.45) is 5.92 Å². The Morgan fingerprint density at radius 1 is 0.944 bits per heavy atom. The zero-order chi connectivity index (χ0) is 14.8. The number of hydrogen-bond donors (Lipinski definition) is 1. The number of halogens is 9. The lowest BCUT2D eigenvalue weighted by atomic mass is 10.0. The van der Waals surface area contributed by atoms with Gasteiger partial charge >= 0.3 is 18.5 Å². The Balaban J connectivity index is 5.09. The molecule has 0 bridgehead atoms. The molecular formula is C8H8F9N. The summed E-state index contributed by atoms with van der Waals surface area (Å²) in [5.74, 6) is -3.82. The second-order valence-electron chi connectivity index (χ2n) is 3.24. The van der Waals surface area contributed by atoms with Gasteiger partial charge in [0, 0.05) is 7.05 Å². The molecule has 0 radical (unpaired) electrons. The van der Waals surface area contributed by atoms with E-state index in [0.29, 0.717) is 0 Å². The molecule has 1 nitrogen and oxygen atoms in total. The van der Waals surface area contributed by atoms with Crippen LogP contribution in [0.5, 0.6) is 0 Å². The second-order valence-corrected chi connectivity index (χ2v) is 3.24. The van der Waals surface area contributed by atoms with E-state index in [2.05, 4.69) is 0 Å². The number of rotatable bonds is 3. The van der Waals surface area contributed by atoms with E-state index in [1.807, 2.05) is 0 Å². The topological polar surface area (TPSA) is 12.0 Å². The lowest BCUT2D eigenvalue weighted by molar-refractivity contribution is -0.283. The molecule has 0 fully saturated rings. The van der Waals surface area contributed by atoms with Crippen molar-refractivity contribution in [3.05, 3.63) is 11.8 Å². The Morgan fingerprint density at radius 3 is 1.56 bits per heavy atom. The first kappa shape index (κ1) is 16.9. The van der Waals surface area contributed by atoms with Crippen molar-refractivity contribution in [3.8, 4) is 0 Å². The SMILES string of the molecule is CN/C(=C\CC(C(F)(F)F)C(F)(F)F)C(F)(F)F. The van der Waals surface area contributed by atoms with E-state index in [1.165, 1.54) is 5.32 Å². The molecule has 0 aromatic rings. The van der Waals surface area contributed by atoms with Crippen LogP contribution in [-0.2, 0) is 0 Å². The van der Waals surface area contributed by atoms with E-state index in [1.54, 1.807) is 0 Å². The summed E-state index contributed by atoms with van der Waals surface area (Å²) in [6.07, 6.45) is -18.3. The number of allylic oxidation sites excluding steroid dienone is 2. The molecule has 0 rings (SSSR count). The zero-order valence-corrected chi connectivity index (χ0v) is 8.76. The smallest absolute Gasteiger partial charge is 0.384 e. The predicted octanol–water partition coefficient (Wildman–Crippen LogP) is 3.78. The van der Waals surface area contributed by atoms with Crippen LogP contribution in [0, 0.1) is 5.92 Å². The monoisotopic (exact) mass is 289 g/mol. The van der Waals surface area contributed by atoms with Crippen LogP contribution < -0.4 is 5.32 Å². The van der Waals surface area contributed by atoms with Crippen molar-refractivity contribution in [1.82, 2.24) is 5.32 Å². The summed E-state index contributed by atoms with van der Waals surface area (Å²) in [6, 6.07) is 0. The van der Waals surface area contributed by atoms with Crippen LogP contribution in [0.3, 0.4) is 0 Å². The highest BCUT2D eigenvalue weighted by Gasteiger charge is 2.55. The van der Waals surface area contributed by atoms with Gasteiger partial charge in [0.15, 0.2) is 5.92 Å². The highest BCUT2D eigenvalue weighted by atomic mass is 19.4. The maximum atomic E-state index is 12.1. The molecule has 18 heavy (non-hydrogen) atoms. The fraction of sp³-hybridized carbons (Fsp3) is 0.750. The average molecular weight is 289 g/mol. The summed E-state index contributed by atoms with van der Waals surface area (Å²) >= 11 is 0. The molecule has 108 valence electrons. The summed E-state index contributed by atoms with van der Waals surface area (Å²) in [5.41, 5.74) is -1.65. The molecule has 0 aliphatic carbocycles. The number of alkyl halides is 9. The minimum atomic E-state index is -5.65. The fourth-order valence-electron chi connectivity index (χ4n) is 1.05. The molecule has 0 heterocycles. The van der Waals surface area contributed by atoms with E-state index >= 15 is 0 Å². The van der Waals surface area contributed by atoms with Gasteiger partial charge in [-0.25, -0.2) is 0 Å². The highest BCUT2D eigenvalue weighted by molar-refractivity contribution is 5.07. The molecule has 10 heteroatoms. The third-order valence-electron chi connectivity index (χ3n) is 1.92. The quantitative estimate of drug-likeness (QED) is 0.780. The summed E-state index contributed by atoms with van der Waals surface area (Å²) in [5, 5.41) is 1.50. The lowest BCUT2D eigenvalue weighted by Gasteiger charge is -2.22. The molecule has 0 saturated carbocycles. The Bertz CT molecular complexity index is 281. The van der Waals surface area contributed by atoms with Crippen molar-refractivity contribution < 1.29 is 39.5 Å². The van der Waals surface area contributed by atoms with Crippen LogP contribution in [0.25, 0.3) is 0 Å². The van der Waals surface area contributed by atoms with Crippen LogP contribution in [-0.4, -0.2) is 25.6 Å². The molecule has 0 aromatic heterocycles. The number of nitrogens with one attached hydrogen (secondary N) is 1. The third-order valence-corrected chi connectivity index (χ3v) is 1.92. The van der Waals surface area contributed by atoms with Crippen molar-refractivity contribution in [2.75, 3.05) is 7.05 Å². The average Bonchev–Trinajstić information content (AvgIpc) is 2.05. The largest absolute Gasteiger partial charge is 0.430 e. The normalized spacial score (nSPS) is 15.2. The predicted molar refractivity (Wildman–Crippen MR) is 43.4 cm³/mol. The minimum Gasteiger partial charge on any atom is -0.384 e. The summed E-state index contributed by atoms with van der Waals surface area (Å²) in [7, 11) is 0.746. The Kier molecular flexibility index (Phi) is 4.95. The fourth-order valence-corrected chi connectivity index (χ4v) is 1.05. The molecule has 0 aromatic carbocycles. The number of hydrogen-bond acceptors (Lipinski definition) is 1. The molecule has 0 aliphatic heterocycles. The van der Waals surface area contributed by atoms with Crippen LogP contribution in [0.2, 0.25) is 0 Å². The van der Waals surface area contributed by atoms with Crippen molar-refractivity contribution >= 4 is 0 Å². The van der Waals surface area contributed by atoms with Crippen LogP contribution in [0.15, 0.2) is 11.8 Å². The van der Waals surface area contributed by atoms with Gasteiger partial charge in [0.25, 0.3) is 0 Å². The van der Waals surface area contributed by atoms with Crippen LogP contribution in [0.1, 0.15) is 6.42 Å². The van der Waals surface area contributed by atoms with Gasteiger partial charge in [-0.1, -0.05) is 6.08 Å². The first-order chi connectivity index (χ1) is 7.80. The zero-order valence-electron chi connectivity index (χ0n) is 8.76. The second kappa shape index (κ2) is 5.27. The van der Waals surface area contributed by atoms with E-state index in [9.17, 15) is 39.5 Å². The molecule has 0 unspecified atom stereocenters. The standard InChI is InChI=1S/C8H8F9N/c1-18-5(8(15,16)17)3-2-4(6(9,10)11)7(12,13)14/h3-4,18H,2H2,1H3/b5-3-. The van der Waals surface area contributed by atoms with E-state index in [4.69, 9.17) is 0 Å². The third kappa shape index (κ3) is 5.05. The van der Waals surface area contributed by atoms with E-state index in [0.717, 1.165) is 7.05 Å². The van der Waals surface area contributed by atoms with Crippen molar-refractivity contribution in [3.63, 3.8) is 0 Å². The van der Waals surface area contributed by atoms with Gasteiger partial charge in [-0.2, -0.15) is 39.5 Å². The van der Waals surface area contributed by atoms with Gasteiger partial charge < -0.3 is 5.32 Å². The first-order valence-electron chi connectivity index (χ1n) is 4.38. The van der Waals surface area contributed by atoms with Crippen molar-refractivity contribution in [1.29, 1.82) is 0 Å². The highest BCUT2D eigenvalue weighted by Crippen LogP contribution is 2.42. The van der Waals surface area contributed by atoms with Crippen LogP contribution in [0.4, 0.5) is 39.5 Å². The molecular weight excluding hydrogens is 281 g/mol. The summed E-state index contributed by atoms with van der Waals surface area (Å²) < 4.78 is 108. The van der Waals surface area contributed by atoms with E-state index in [-0.39, 0.29) is 6.08 Å². The molecule has 0 atom stereocenters. The molecule has 0 amide bonds. The van der Waals surface area contributed by atoms with Crippen LogP contribution >= 0.6 is 0 Å². The summed E-state index contributed by atoms with van der Waals surface area (Å²) in [4.78, 5) is 0. The van der Waals surface area contributed by atoms with Gasteiger partial charge in [-0.3, -0.25) is 0 Å². The van der Waals surface area contributed by atoms with Gasteiger partial charge in [0.1, 0.15) is 5.70 Å². The Labute approximate surface area is 95.6 Å². The van der Waals surface area contributed by atoms with E-state index < -0.39 is 36.6 Å². The maximum Gasteiger partial charge on any atom is 0.430 e. The molecule has 0 aliphatic rings.